The molecule has 0 radical (unpaired) electrons. The molecule has 1 amide bonds. The Bertz CT molecular complexity index is 478. The van der Waals surface area contributed by atoms with Crippen molar-refractivity contribution in [2.45, 2.75) is 31.7 Å². The molecular weight excluding hydrogens is 274 g/mol. The second-order valence-electron chi connectivity index (χ2n) is 5.67. The summed E-state index contributed by atoms with van der Waals surface area (Å²) in [7, 11) is 1.70. The highest BCUT2D eigenvalue weighted by Crippen LogP contribution is 2.30. The lowest BCUT2D eigenvalue weighted by molar-refractivity contribution is -0.142. The van der Waals surface area contributed by atoms with Crippen molar-refractivity contribution in [1.29, 1.82) is 0 Å². The molecule has 0 aromatic heterocycles. The van der Waals surface area contributed by atoms with Crippen LogP contribution in [0, 0.1) is 5.92 Å². The molecule has 0 saturated carbocycles. The van der Waals surface area contributed by atoms with Crippen LogP contribution in [0.4, 0.5) is 8.78 Å². The first-order valence-corrected chi connectivity index (χ1v) is 7.35. The van der Waals surface area contributed by atoms with Gasteiger partial charge in [-0.1, -0.05) is 37.3 Å². The highest BCUT2D eigenvalue weighted by Gasteiger charge is 2.40. The second kappa shape index (κ2) is 6.52. The van der Waals surface area contributed by atoms with Gasteiger partial charge in [-0.25, -0.2) is 8.78 Å². The smallest absolute Gasteiger partial charge is 0.261 e. The average Bonchev–Trinajstić information content (AvgIpc) is 2.47. The molecule has 3 nitrogen and oxygen atoms in total. The summed E-state index contributed by atoms with van der Waals surface area (Å²) in [4.78, 5) is 14.1. The van der Waals surface area contributed by atoms with E-state index in [1.807, 2.05) is 37.3 Å². The number of hydrogen-bond acceptors (Lipinski definition) is 2. The molecule has 1 aliphatic rings. The zero-order chi connectivity index (χ0) is 15.5. The number of halogens is 2. The Kier molecular flexibility index (Phi) is 4.93. The van der Waals surface area contributed by atoms with Crippen LogP contribution in [0.2, 0.25) is 0 Å². The Morgan fingerprint density at radius 1 is 1.43 bits per heavy atom. The van der Waals surface area contributed by atoms with E-state index in [1.54, 1.807) is 11.9 Å². The summed E-state index contributed by atoms with van der Waals surface area (Å²) in [5.41, 5.74) is 1.03. The number of carbonyl (C=O) groups excluding carboxylic acids is 1. The molecule has 1 aromatic rings. The van der Waals surface area contributed by atoms with Gasteiger partial charge in [0.2, 0.25) is 5.91 Å². The number of nitrogens with one attached hydrogen (secondary N) is 1. The van der Waals surface area contributed by atoms with Gasteiger partial charge in [-0.05, 0) is 12.0 Å². The number of carbonyl (C=O) groups is 1. The third kappa shape index (κ3) is 3.79. The minimum atomic E-state index is -2.80. The van der Waals surface area contributed by atoms with Crippen molar-refractivity contribution in [3.05, 3.63) is 35.9 Å². The summed E-state index contributed by atoms with van der Waals surface area (Å²) in [6.07, 6.45) is 0.386. The van der Waals surface area contributed by atoms with E-state index in [0.717, 1.165) is 12.0 Å². The van der Waals surface area contributed by atoms with Gasteiger partial charge in [-0.2, -0.15) is 0 Å². The quantitative estimate of drug-likeness (QED) is 0.926. The van der Waals surface area contributed by atoms with Gasteiger partial charge in [0, 0.05) is 20.0 Å². The van der Waals surface area contributed by atoms with Gasteiger partial charge in [0.25, 0.3) is 5.92 Å². The van der Waals surface area contributed by atoms with Gasteiger partial charge in [0.1, 0.15) is 0 Å². The van der Waals surface area contributed by atoms with Crippen LogP contribution >= 0.6 is 0 Å². The van der Waals surface area contributed by atoms with Crippen molar-refractivity contribution in [2.75, 3.05) is 20.1 Å². The van der Waals surface area contributed by atoms with E-state index in [-0.39, 0.29) is 24.9 Å². The third-order valence-electron chi connectivity index (χ3n) is 4.05. The molecule has 2 atom stereocenters. The van der Waals surface area contributed by atoms with Crippen LogP contribution in [0.1, 0.15) is 31.4 Å². The summed E-state index contributed by atoms with van der Waals surface area (Å²) in [5.74, 6) is -3.66. The molecule has 1 fully saturated rings. The number of rotatable bonds is 4. The van der Waals surface area contributed by atoms with Gasteiger partial charge in [-0.3, -0.25) is 4.79 Å². The largest absolute Gasteiger partial charge is 0.338 e. The van der Waals surface area contributed by atoms with Crippen LogP contribution < -0.4 is 5.32 Å². The standard InChI is InChI=1S/C16H22F2N2O/c1-3-14(12-7-5-4-6-8-12)20(2)15(21)13-9-16(17,18)11-19-10-13/h4-8,13-14,19H,3,9-11H2,1-2H3. The molecule has 5 heteroatoms. The predicted octanol–water partition coefficient (Wildman–Crippen LogP) is 2.84. The van der Waals surface area contributed by atoms with Crippen molar-refractivity contribution in [1.82, 2.24) is 10.2 Å². The van der Waals surface area contributed by atoms with E-state index in [9.17, 15) is 13.6 Å². The Morgan fingerprint density at radius 3 is 2.67 bits per heavy atom. The lowest BCUT2D eigenvalue weighted by atomic mass is 9.94. The third-order valence-corrected chi connectivity index (χ3v) is 4.05. The van der Waals surface area contributed by atoms with Gasteiger partial charge < -0.3 is 10.2 Å². The van der Waals surface area contributed by atoms with Crippen LogP contribution in [0.15, 0.2) is 30.3 Å². The fraction of sp³-hybridized carbons (Fsp3) is 0.562. The van der Waals surface area contributed by atoms with E-state index < -0.39 is 11.8 Å². The van der Waals surface area contributed by atoms with Crippen molar-refractivity contribution in [3.8, 4) is 0 Å². The SMILES string of the molecule is CCC(c1ccccc1)N(C)C(=O)C1CNCC(F)(F)C1. The average molecular weight is 296 g/mol. The number of hydrogen-bond donors (Lipinski definition) is 1. The predicted molar refractivity (Wildman–Crippen MR) is 78.2 cm³/mol. The maximum atomic E-state index is 13.5. The molecule has 0 bridgehead atoms. The number of benzene rings is 1. The fourth-order valence-corrected chi connectivity index (χ4v) is 2.96. The van der Waals surface area contributed by atoms with Gasteiger partial charge in [-0.15, -0.1) is 0 Å². The second-order valence-corrected chi connectivity index (χ2v) is 5.67. The minimum absolute atomic E-state index is 0.0748. The summed E-state index contributed by atoms with van der Waals surface area (Å²) in [5, 5.41) is 2.66. The Balaban J connectivity index is 2.10. The fourth-order valence-electron chi connectivity index (χ4n) is 2.96. The molecule has 0 spiro atoms. The summed E-state index contributed by atoms with van der Waals surface area (Å²) in [6.45, 7) is 1.98. The molecule has 0 aliphatic carbocycles. The molecule has 116 valence electrons. The highest BCUT2D eigenvalue weighted by molar-refractivity contribution is 5.79. The summed E-state index contributed by atoms with van der Waals surface area (Å²) in [6, 6.07) is 9.62. The zero-order valence-corrected chi connectivity index (χ0v) is 12.5. The summed E-state index contributed by atoms with van der Waals surface area (Å²) < 4.78 is 26.9. The van der Waals surface area contributed by atoms with Crippen LogP contribution in [-0.2, 0) is 4.79 Å². The normalized spacial score (nSPS) is 22.6. The first-order valence-electron chi connectivity index (χ1n) is 7.35. The molecule has 1 saturated heterocycles. The zero-order valence-electron chi connectivity index (χ0n) is 12.5. The van der Waals surface area contributed by atoms with Crippen LogP contribution in [0.3, 0.4) is 0 Å². The van der Waals surface area contributed by atoms with Gasteiger partial charge in [0.15, 0.2) is 0 Å². The molecule has 2 unspecified atom stereocenters. The molecule has 1 heterocycles. The number of alkyl halides is 2. The monoisotopic (exact) mass is 296 g/mol. The highest BCUT2D eigenvalue weighted by atomic mass is 19.3. The molecule has 1 N–H and O–H groups in total. The number of nitrogens with zero attached hydrogens (tertiary/aromatic N) is 1. The first kappa shape index (κ1) is 15.9. The Morgan fingerprint density at radius 2 is 2.10 bits per heavy atom. The van der Waals surface area contributed by atoms with Gasteiger partial charge in [0.05, 0.1) is 18.5 Å². The van der Waals surface area contributed by atoms with Crippen LogP contribution in [0.5, 0.6) is 0 Å². The maximum Gasteiger partial charge on any atom is 0.261 e. The lowest BCUT2D eigenvalue weighted by Gasteiger charge is -2.35. The van der Waals surface area contributed by atoms with E-state index in [4.69, 9.17) is 0 Å². The van der Waals surface area contributed by atoms with E-state index in [1.165, 1.54) is 0 Å². The summed E-state index contributed by atoms with van der Waals surface area (Å²) >= 11 is 0. The molecule has 1 aromatic carbocycles. The van der Waals surface area contributed by atoms with Crippen molar-refractivity contribution < 1.29 is 13.6 Å². The van der Waals surface area contributed by atoms with E-state index >= 15 is 0 Å². The Labute approximate surface area is 124 Å². The molecule has 21 heavy (non-hydrogen) atoms. The molecular formula is C16H22F2N2O. The topological polar surface area (TPSA) is 32.3 Å². The minimum Gasteiger partial charge on any atom is -0.338 e. The van der Waals surface area contributed by atoms with E-state index in [2.05, 4.69) is 5.32 Å². The van der Waals surface area contributed by atoms with Crippen LogP contribution in [-0.4, -0.2) is 36.9 Å². The maximum absolute atomic E-state index is 13.5. The van der Waals surface area contributed by atoms with Crippen molar-refractivity contribution in [2.24, 2.45) is 5.92 Å². The first-order chi connectivity index (χ1) is 9.94. The number of amides is 1. The van der Waals surface area contributed by atoms with Gasteiger partial charge >= 0.3 is 0 Å². The van der Waals surface area contributed by atoms with Crippen LogP contribution in [0.25, 0.3) is 0 Å². The molecule has 2 rings (SSSR count). The lowest BCUT2D eigenvalue weighted by Crippen LogP contribution is -2.49. The van der Waals surface area contributed by atoms with Crippen molar-refractivity contribution >= 4 is 5.91 Å². The Hall–Kier alpha value is -1.49. The van der Waals surface area contributed by atoms with E-state index in [0.29, 0.717) is 6.54 Å². The molecule has 1 aliphatic heterocycles. The van der Waals surface area contributed by atoms with Crippen molar-refractivity contribution in [3.63, 3.8) is 0 Å². The number of piperidine rings is 1.